The zero-order chi connectivity index (χ0) is 27.0. The first-order valence-electron chi connectivity index (χ1n) is 11.3. The minimum Gasteiger partial charge on any atom is -0.543 e. The largest absolute Gasteiger partial charge is 0.543 e. The molecule has 0 aliphatic carbocycles. The number of nitrogens with two attached hydrogens (primary N) is 1. The number of ether oxygens (including phenoxy) is 1. The topological polar surface area (TPSA) is 180 Å². The van der Waals surface area contributed by atoms with Gasteiger partial charge in [-0.1, -0.05) is 16.5 Å². The van der Waals surface area contributed by atoms with Gasteiger partial charge >= 0.3 is 0 Å². The SMILES string of the molecule is CCO/N=C(\C(=O)N[C@@H]1C(=O)N2C(C(=O)[O-])=C(C[n+]3cc4sccn4c3COC)CS[C@H]12)c1nsc(N)n1. The fourth-order valence-electron chi connectivity index (χ4n) is 4.21. The van der Waals surface area contributed by atoms with Gasteiger partial charge in [-0.15, -0.1) is 11.8 Å². The second kappa shape index (κ2) is 10.7. The lowest BCUT2D eigenvalue weighted by molar-refractivity contribution is -0.696. The van der Waals surface area contributed by atoms with Crippen molar-refractivity contribution in [2.75, 3.05) is 25.2 Å². The molecule has 5 heterocycles. The summed E-state index contributed by atoms with van der Waals surface area (Å²) in [4.78, 5) is 49.4. The van der Waals surface area contributed by atoms with Gasteiger partial charge in [0.2, 0.25) is 16.4 Å². The lowest BCUT2D eigenvalue weighted by Crippen LogP contribution is -2.71. The predicted molar refractivity (Wildman–Crippen MR) is 136 cm³/mol. The Hall–Kier alpha value is -3.54. The van der Waals surface area contributed by atoms with Crippen LogP contribution in [0.1, 0.15) is 18.6 Å². The maximum Gasteiger partial charge on any atom is 0.289 e. The van der Waals surface area contributed by atoms with Crippen molar-refractivity contribution in [1.82, 2.24) is 24.0 Å². The molecule has 3 aromatic heterocycles. The number of hydrogen-bond acceptors (Lipinski definition) is 13. The number of carbonyl (C=O) groups is 3. The number of carbonyl (C=O) groups excluding carboxylic acids is 3. The molecule has 2 aliphatic rings. The molecule has 3 N–H and O–H groups in total. The average Bonchev–Trinajstić information content (AvgIpc) is 3.60. The summed E-state index contributed by atoms with van der Waals surface area (Å²) in [5.41, 5.74) is 5.72. The van der Waals surface area contributed by atoms with E-state index in [-0.39, 0.29) is 35.5 Å². The molecule has 0 aromatic carbocycles. The number of nitrogen functional groups attached to an aromatic ring is 1. The van der Waals surface area contributed by atoms with Crippen molar-refractivity contribution in [1.29, 1.82) is 0 Å². The van der Waals surface area contributed by atoms with Crippen LogP contribution in [0.25, 0.3) is 4.83 Å². The summed E-state index contributed by atoms with van der Waals surface area (Å²) in [6.07, 6.45) is 3.82. The van der Waals surface area contributed by atoms with Crippen molar-refractivity contribution >= 4 is 68.1 Å². The monoisotopic (exact) mass is 578 g/mol. The van der Waals surface area contributed by atoms with E-state index in [1.54, 1.807) is 25.4 Å². The van der Waals surface area contributed by atoms with E-state index in [2.05, 4.69) is 19.8 Å². The first-order chi connectivity index (χ1) is 18.3. The lowest BCUT2D eigenvalue weighted by Gasteiger charge is -2.50. The fraction of sp³-hybridized carbons (Fsp3) is 0.381. The molecule has 1 fully saturated rings. The average molecular weight is 579 g/mol. The van der Waals surface area contributed by atoms with Crippen LogP contribution < -0.4 is 20.7 Å². The number of thioether (sulfide) groups is 1. The number of carboxylic acid groups (broad SMARTS) is 1. The maximum absolute atomic E-state index is 13.1. The molecule has 0 saturated carbocycles. The van der Waals surface area contributed by atoms with Crippen LogP contribution in [0.3, 0.4) is 0 Å². The quantitative estimate of drug-likeness (QED) is 0.127. The summed E-state index contributed by atoms with van der Waals surface area (Å²) in [7, 11) is 1.58. The number of nitrogens with one attached hydrogen (secondary N) is 1. The Kier molecular flexibility index (Phi) is 7.33. The van der Waals surface area contributed by atoms with Crippen LogP contribution in [-0.4, -0.2) is 73.0 Å². The molecule has 0 unspecified atom stereocenters. The van der Waals surface area contributed by atoms with E-state index >= 15 is 0 Å². The van der Waals surface area contributed by atoms with Crippen molar-refractivity contribution in [3.8, 4) is 0 Å². The number of fused-ring (bicyclic) bond motifs is 2. The summed E-state index contributed by atoms with van der Waals surface area (Å²) >= 11 is 3.77. The number of β-lactam (4-membered cyclic amide) rings is 1. The minimum absolute atomic E-state index is 0.0349. The van der Waals surface area contributed by atoms with Crippen LogP contribution in [0, 0.1) is 0 Å². The lowest BCUT2D eigenvalue weighted by atomic mass is 10.0. The van der Waals surface area contributed by atoms with Gasteiger partial charge < -0.3 is 30.5 Å². The van der Waals surface area contributed by atoms with Crippen molar-refractivity contribution in [3.05, 3.63) is 40.7 Å². The molecule has 0 radical (unpaired) electrons. The van der Waals surface area contributed by atoms with Gasteiger partial charge in [-0.05, 0) is 6.92 Å². The molecule has 1 saturated heterocycles. The van der Waals surface area contributed by atoms with Gasteiger partial charge in [0, 0.05) is 35.3 Å². The Morgan fingerprint density at radius 3 is 2.92 bits per heavy atom. The van der Waals surface area contributed by atoms with E-state index in [1.165, 1.54) is 11.8 Å². The van der Waals surface area contributed by atoms with Crippen LogP contribution in [0.2, 0.25) is 0 Å². The van der Waals surface area contributed by atoms with Crippen LogP contribution in [-0.2, 0) is 37.1 Å². The molecule has 17 heteroatoms. The number of nitrogens with zero attached hydrogens (tertiary/aromatic N) is 6. The predicted octanol–water partition coefficient (Wildman–Crippen LogP) is -1.29. The Bertz CT molecular complexity index is 1480. The van der Waals surface area contributed by atoms with Gasteiger partial charge in [0.25, 0.3) is 17.6 Å². The number of amides is 2. The first-order valence-corrected chi connectivity index (χ1v) is 14.0. The third kappa shape index (κ3) is 4.61. The number of anilines is 1. The maximum atomic E-state index is 13.1. The van der Waals surface area contributed by atoms with Crippen LogP contribution >= 0.6 is 34.6 Å². The van der Waals surface area contributed by atoms with Gasteiger partial charge in [0.1, 0.15) is 43.6 Å². The molecule has 200 valence electrons. The number of aromatic nitrogens is 4. The molecule has 0 spiro atoms. The number of carboxylic acids is 1. The van der Waals surface area contributed by atoms with E-state index in [0.29, 0.717) is 17.9 Å². The second-order valence-electron chi connectivity index (χ2n) is 8.13. The van der Waals surface area contributed by atoms with Crippen LogP contribution in [0.5, 0.6) is 0 Å². The Morgan fingerprint density at radius 1 is 1.42 bits per heavy atom. The number of hydrogen-bond donors (Lipinski definition) is 2. The number of methoxy groups -OCH3 is 1. The molecular formula is C21H22N8O6S3. The molecule has 2 atom stereocenters. The van der Waals surface area contributed by atoms with E-state index in [0.717, 1.165) is 27.1 Å². The number of oxime groups is 1. The molecule has 38 heavy (non-hydrogen) atoms. The summed E-state index contributed by atoms with van der Waals surface area (Å²) < 4.78 is 13.2. The molecule has 5 rings (SSSR count). The minimum atomic E-state index is -1.46. The molecule has 14 nitrogen and oxygen atoms in total. The zero-order valence-electron chi connectivity index (χ0n) is 20.2. The number of aliphatic carboxylic acids is 1. The Labute approximate surface area is 227 Å². The highest BCUT2D eigenvalue weighted by Gasteiger charge is 2.53. The van der Waals surface area contributed by atoms with Gasteiger partial charge in [0.05, 0.1) is 11.7 Å². The second-order valence-corrected chi connectivity index (χ2v) is 10.9. The molecule has 2 amide bonds. The normalized spacial score (nSPS) is 19.5. The van der Waals surface area contributed by atoms with Gasteiger partial charge in [0.15, 0.2) is 5.13 Å². The van der Waals surface area contributed by atoms with Gasteiger partial charge in [-0.2, -0.15) is 13.8 Å². The highest BCUT2D eigenvalue weighted by atomic mass is 32.2. The summed E-state index contributed by atoms with van der Waals surface area (Å²) in [5, 5.41) is 20.0. The van der Waals surface area contributed by atoms with E-state index in [4.69, 9.17) is 15.3 Å². The highest BCUT2D eigenvalue weighted by molar-refractivity contribution is 8.00. The number of rotatable bonds is 10. The molecule has 2 aliphatic heterocycles. The third-order valence-corrected chi connectivity index (χ3v) is 8.51. The molecular weight excluding hydrogens is 556 g/mol. The highest BCUT2D eigenvalue weighted by Crippen LogP contribution is 2.40. The van der Waals surface area contributed by atoms with Crippen molar-refractivity contribution in [2.45, 2.75) is 31.5 Å². The van der Waals surface area contributed by atoms with Crippen LogP contribution in [0.4, 0.5) is 5.13 Å². The summed E-state index contributed by atoms with van der Waals surface area (Å²) in [6.45, 7) is 2.43. The summed E-state index contributed by atoms with van der Waals surface area (Å²) in [6, 6.07) is -0.984. The van der Waals surface area contributed by atoms with E-state index < -0.39 is 29.2 Å². The Morgan fingerprint density at radius 2 is 2.24 bits per heavy atom. The third-order valence-electron chi connectivity index (χ3n) is 5.83. The van der Waals surface area contributed by atoms with Gasteiger partial charge in [-0.25, -0.2) is 4.57 Å². The number of imidazole rings is 1. The van der Waals surface area contributed by atoms with Crippen molar-refractivity contribution < 1.29 is 33.6 Å². The standard InChI is InChI=1S/C21H22N8O6S3/c1-3-35-25-13(16-24-21(22)38-26-16)17(30)23-14-18(31)29-15(20(32)33)10(9-37-19(14)29)6-27-7-12-28(4-5-36-12)11(27)8-34-2/h4-5,7,14,19H,3,6,8-9H2,1-2H3,(H3-,22,23,24,26,30,32,33)/b25-13-/t14-,19-/m1/s1. The molecule has 3 aromatic rings. The Balaban J connectivity index is 1.37. The van der Waals surface area contributed by atoms with E-state index in [1.807, 2.05) is 26.7 Å². The van der Waals surface area contributed by atoms with E-state index in [9.17, 15) is 19.5 Å². The van der Waals surface area contributed by atoms with Crippen LogP contribution in [0.15, 0.2) is 34.2 Å². The zero-order valence-corrected chi connectivity index (χ0v) is 22.6. The van der Waals surface area contributed by atoms with Crippen molar-refractivity contribution in [2.24, 2.45) is 5.16 Å². The smallest absolute Gasteiger partial charge is 0.289 e. The number of thiazole rings is 1. The van der Waals surface area contributed by atoms with Crippen molar-refractivity contribution in [3.63, 3.8) is 0 Å². The molecule has 0 bridgehead atoms. The van der Waals surface area contributed by atoms with Gasteiger partial charge in [-0.3, -0.25) is 14.5 Å². The first kappa shape index (κ1) is 26.1. The summed E-state index contributed by atoms with van der Waals surface area (Å²) in [5.74, 6) is -1.66. The fourth-order valence-corrected chi connectivity index (χ4v) is 6.77.